The SMILES string of the molecule is CCOc1cc(/C=C(\C#N)C(=O)NCc2ccc(OC)cc2OC)cc(Cl)c1OCc1cccc(F)c1. The summed E-state index contributed by atoms with van der Waals surface area (Å²) in [6.45, 7) is 2.35. The van der Waals surface area contributed by atoms with Crippen molar-refractivity contribution in [3.05, 3.63) is 87.7 Å². The van der Waals surface area contributed by atoms with Gasteiger partial charge in [-0.2, -0.15) is 5.26 Å². The molecule has 0 aliphatic carbocycles. The number of hydrogen-bond acceptors (Lipinski definition) is 6. The predicted molar refractivity (Wildman–Crippen MR) is 138 cm³/mol. The lowest BCUT2D eigenvalue weighted by atomic mass is 10.1. The highest BCUT2D eigenvalue weighted by Crippen LogP contribution is 2.38. The lowest BCUT2D eigenvalue weighted by Gasteiger charge is -2.15. The zero-order valence-electron chi connectivity index (χ0n) is 20.6. The molecule has 7 nitrogen and oxygen atoms in total. The van der Waals surface area contributed by atoms with Gasteiger partial charge in [-0.25, -0.2) is 4.39 Å². The van der Waals surface area contributed by atoms with E-state index in [-0.39, 0.29) is 35.3 Å². The number of amides is 1. The first-order valence-electron chi connectivity index (χ1n) is 11.3. The number of carbonyl (C=O) groups is 1. The normalized spacial score (nSPS) is 10.9. The van der Waals surface area contributed by atoms with Gasteiger partial charge < -0.3 is 24.3 Å². The number of hydrogen-bond donors (Lipinski definition) is 1. The van der Waals surface area contributed by atoms with Crippen LogP contribution in [-0.4, -0.2) is 26.7 Å². The maximum absolute atomic E-state index is 13.5. The fraction of sp³-hybridized carbons (Fsp3) is 0.214. The Hall–Kier alpha value is -4.22. The first-order valence-corrected chi connectivity index (χ1v) is 11.7. The van der Waals surface area contributed by atoms with Crippen LogP contribution in [0.3, 0.4) is 0 Å². The summed E-state index contributed by atoms with van der Waals surface area (Å²) in [7, 11) is 3.07. The van der Waals surface area contributed by atoms with Gasteiger partial charge in [0.1, 0.15) is 35.6 Å². The van der Waals surface area contributed by atoms with Gasteiger partial charge in [0.2, 0.25) is 0 Å². The third-order valence-electron chi connectivity index (χ3n) is 5.21. The standard InChI is InChI=1S/C28H26ClFN2O5/c1-4-36-26-13-19(12-24(29)27(26)37-17-18-6-5-7-22(30)11-18)10-21(15-31)28(33)32-16-20-8-9-23(34-2)14-25(20)35-3/h5-14H,4,16-17H2,1-3H3,(H,32,33)/b21-10+. The summed E-state index contributed by atoms with van der Waals surface area (Å²) in [6, 6.07) is 16.4. The Morgan fingerprint density at radius 3 is 2.57 bits per heavy atom. The molecule has 0 unspecified atom stereocenters. The molecule has 0 aromatic heterocycles. The van der Waals surface area contributed by atoms with E-state index in [0.29, 0.717) is 35.0 Å². The average molecular weight is 525 g/mol. The lowest BCUT2D eigenvalue weighted by Crippen LogP contribution is -2.24. The smallest absolute Gasteiger partial charge is 0.262 e. The second kappa shape index (κ2) is 13.2. The first kappa shape index (κ1) is 27.4. The predicted octanol–water partition coefficient (Wildman–Crippen LogP) is 5.70. The summed E-state index contributed by atoms with van der Waals surface area (Å²) in [6.07, 6.45) is 1.41. The van der Waals surface area contributed by atoms with Crippen molar-refractivity contribution in [1.82, 2.24) is 5.32 Å². The molecule has 0 fully saturated rings. The summed E-state index contributed by atoms with van der Waals surface area (Å²) in [5.74, 6) is 0.836. The van der Waals surface area contributed by atoms with E-state index in [1.165, 1.54) is 25.3 Å². The van der Waals surface area contributed by atoms with Crippen LogP contribution in [-0.2, 0) is 17.9 Å². The number of ether oxygens (including phenoxy) is 4. The maximum atomic E-state index is 13.5. The molecule has 0 aliphatic rings. The molecule has 0 heterocycles. The van der Waals surface area contributed by atoms with E-state index in [1.54, 1.807) is 56.5 Å². The van der Waals surface area contributed by atoms with Gasteiger partial charge in [-0.3, -0.25) is 4.79 Å². The lowest BCUT2D eigenvalue weighted by molar-refractivity contribution is -0.117. The third-order valence-corrected chi connectivity index (χ3v) is 5.49. The van der Waals surface area contributed by atoms with Crippen LogP contribution in [0.5, 0.6) is 23.0 Å². The van der Waals surface area contributed by atoms with Crippen LogP contribution < -0.4 is 24.3 Å². The van der Waals surface area contributed by atoms with E-state index in [4.69, 9.17) is 30.5 Å². The Kier molecular flexibility index (Phi) is 9.76. The highest BCUT2D eigenvalue weighted by Gasteiger charge is 2.16. The van der Waals surface area contributed by atoms with E-state index in [2.05, 4.69) is 5.32 Å². The molecule has 192 valence electrons. The number of nitriles is 1. The molecule has 0 saturated carbocycles. The van der Waals surface area contributed by atoms with E-state index in [1.807, 2.05) is 6.07 Å². The molecule has 0 atom stereocenters. The van der Waals surface area contributed by atoms with Crippen molar-refractivity contribution in [2.45, 2.75) is 20.1 Å². The van der Waals surface area contributed by atoms with Gasteiger partial charge in [-0.15, -0.1) is 0 Å². The molecule has 0 saturated heterocycles. The van der Waals surface area contributed by atoms with Gasteiger partial charge in [-0.05, 0) is 60.5 Å². The number of benzene rings is 3. The Bertz CT molecular complexity index is 1340. The van der Waals surface area contributed by atoms with Gasteiger partial charge >= 0.3 is 0 Å². The summed E-state index contributed by atoms with van der Waals surface area (Å²) >= 11 is 6.46. The summed E-state index contributed by atoms with van der Waals surface area (Å²) in [5.41, 5.74) is 1.69. The number of methoxy groups -OCH3 is 2. The van der Waals surface area contributed by atoms with Crippen molar-refractivity contribution in [3.63, 3.8) is 0 Å². The summed E-state index contributed by atoms with van der Waals surface area (Å²) in [4.78, 5) is 12.7. The molecule has 0 aliphatic heterocycles. The van der Waals surface area contributed by atoms with Crippen molar-refractivity contribution >= 4 is 23.6 Å². The quantitative estimate of drug-likeness (QED) is 0.256. The van der Waals surface area contributed by atoms with Crippen LogP contribution in [0, 0.1) is 17.1 Å². The molecule has 1 N–H and O–H groups in total. The summed E-state index contributed by atoms with van der Waals surface area (Å²) in [5, 5.41) is 12.6. The molecule has 3 aromatic carbocycles. The zero-order chi connectivity index (χ0) is 26.8. The fourth-order valence-corrected chi connectivity index (χ4v) is 3.71. The largest absolute Gasteiger partial charge is 0.497 e. The number of nitrogens with one attached hydrogen (secondary N) is 1. The molecule has 9 heteroatoms. The van der Waals surface area contributed by atoms with Gasteiger partial charge in [0, 0.05) is 18.2 Å². The molecule has 3 aromatic rings. The van der Waals surface area contributed by atoms with Crippen LogP contribution >= 0.6 is 11.6 Å². The summed E-state index contributed by atoms with van der Waals surface area (Å²) < 4.78 is 35.5. The number of carbonyl (C=O) groups excluding carboxylic acids is 1. The Morgan fingerprint density at radius 1 is 1.08 bits per heavy atom. The van der Waals surface area contributed by atoms with Gasteiger partial charge in [0.15, 0.2) is 11.5 Å². The number of halogens is 2. The van der Waals surface area contributed by atoms with Gasteiger partial charge in [-0.1, -0.05) is 23.7 Å². The minimum Gasteiger partial charge on any atom is -0.497 e. The van der Waals surface area contributed by atoms with Gasteiger partial charge in [0.05, 0.1) is 25.8 Å². The Balaban J connectivity index is 1.79. The highest BCUT2D eigenvalue weighted by atomic mass is 35.5. The molecular weight excluding hydrogens is 499 g/mol. The van der Waals surface area contributed by atoms with Crippen LogP contribution in [0.1, 0.15) is 23.6 Å². The molecule has 0 spiro atoms. The van der Waals surface area contributed by atoms with E-state index < -0.39 is 5.91 Å². The molecule has 37 heavy (non-hydrogen) atoms. The van der Waals surface area contributed by atoms with E-state index >= 15 is 0 Å². The number of rotatable bonds is 11. The third kappa shape index (κ3) is 7.38. The fourth-order valence-electron chi connectivity index (χ4n) is 3.44. The Morgan fingerprint density at radius 2 is 1.89 bits per heavy atom. The molecule has 0 bridgehead atoms. The van der Waals surface area contributed by atoms with Crippen LogP contribution in [0.15, 0.2) is 60.2 Å². The second-order valence-corrected chi connectivity index (χ2v) is 8.12. The average Bonchev–Trinajstić information content (AvgIpc) is 2.90. The van der Waals surface area contributed by atoms with Crippen molar-refractivity contribution < 1.29 is 28.1 Å². The molecule has 3 rings (SSSR count). The zero-order valence-corrected chi connectivity index (χ0v) is 21.4. The molecule has 0 radical (unpaired) electrons. The van der Waals surface area contributed by atoms with Gasteiger partial charge in [0.25, 0.3) is 5.91 Å². The Labute approximate surface area is 220 Å². The van der Waals surface area contributed by atoms with E-state index in [0.717, 1.165) is 5.56 Å². The van der Waals surface area contributed by atoms with Crippen LogP contribution in [0.4, 0.5) is 4.39 Å². The first-order chi connectivity index (χ1) is 17.9. The van der Waals surface area contributed by atoms with Crippen molar-refractivity contribution in [1.29, 1.82) is 5.26 Å². The van der Waals surface area contributed by atoms with E-state index in [9.17, 15) is 14.4 Å². The van der Waals surface area contributed by atoms with Crippen molar-refractivity contribution in [2.75, 3.05) is 20.8 Å². The van der Waals surface area contributed by atoms with Crippen LogP contribution in [0.25, 0.3) is 6.08 Å². The number of nitrogens with zero attached hydrogens (tertiary/aromatic N) is 1. The topological polar surface area (TPSA) is 89.8 Å². The van der Waals surface area contributed by atoms with Crippen LogP contribution in [0.2, 0.25) is 5.02 Å². The minimum absolute atomic E-state index is 0.0768. The van der Waals surface area contributed by atoms with Crippen molar-refractivity contribution in [2.24, 2.45) is 0 Å². The molecule has 1 amide bonds. The maximum Gasteiger partial charge on any atom is 0.262 e. The highest BCUT2D eigenvalue weighted by molar-refractivity contribution is 6.32. The van der Waals surface area contributed by atoms with Crippen molar-refractivity contribution in [3.8, 4) is 29.1 Å². The minimum atomic E-state index is -0.569. The molecular formula is C28H26ClFN2O5. The second-order valence-electron chi connectivity index (χ2n) is 7.71. The monoisotopic (exact) mass is 524 g/mol.